The van der Waals surface area contributed by atoms with E-state index in [1.54, 1.807) is 6.07 Å². The van der Waals surface area contributed by atoms with Crippen molar-refractivity contribution >= 4 is 39.1 Å². The van der Waals surface area contributed by atoms with E-state index >= 15 is 0 Å². The first-order valence-electron chi connectivity index (χ1n) is 6.53. The summed E-state index contributed by atoms with van der Waals surface area (Å²) in [5, 5.41) is 4.76. The van der Waals surface area contributed by atoms with Gasteiger partial charge in [-0.25, -0.2) is 0 Å². The van der Waals surface area contributed by atoms with E-state index in [0.29, 0.717) is 22.6 Å². The first-order chi connectivity index (χ1) is 9.61. The predicted molar refractivity (Wildman–Crippen MR) is 90.5 cm³/mol. The van der Waals surface area contributed by atoms with Gasteiger partial charge in [0, 0.05) is 17.1 Å². The quantitative estimate of drug-likeness (QED) is 0.678. The van der Waals surface area contributed by atoms with E-state index in [9.17, 15) is 0 Å². The molecule has 0 heterocycles. The largest absolute Gasteiger partial charge is 0.306 e. The van der Waals surface area contributed by atoms with Gasteiger partial charge >= 0.3 is 0 Å². The number of halogens is 3. The molecule has 1 unspecified atom stereocenters. The molecule has 1 nitrogen and oxygen atoms in total. The summed E-state index contributed by atoms with van der Waals surface area (Å²) < 4.78 is 1.09. The zero-order chi connectivity index (χ0) is 14.5. The average Bonchev–Trinajstić information content (AvgIpc) is 2.45. The number of nitrogens with one attached hydrogen (secondary N) is 1. The molecule has 0 aliphatic carbocycles. The Morgan fingerprint density at radius 3 is 2.45 bits per heavy atom. The molecule has 0 radical (unpaired) electrons. The highest BCUT2D eigenvalue weighted by molar-refractivity contribution is 9.10. The third-order valence-corrected chi connectivity index (χ3v) is 4.64. The van der Waals surface area contributed by atoms with Gasteiger partial charge in [0.15, 0.2) is 0 Å². The summed E-state index contributed by atoms with van der Waals surface area (Å²) in [5.74, 6) is 0. The highest BCUT2D eigenvalue weighted by Gasteiger charge is 2.10. The maximum atomic E-state index is 6.21. The molecule has 0 bridgehead atoms. The van der Waals surface area contributed by atoms with E-state index in [0.717, 1.165) is 16.5 Å². The lowest BCUT2D eigenvalue weighted by Crippen LogP contribution is -2.20. The van der Waals surface area contributed by atoms with Gasteiger partial charge in [0.25, 0.3) is 0 Å². The van der Waals surface area contributed by atoms with Crippen molar-refractivity contribution in [1.29, 1.82) is 0 Å². The molecule has 4 heteroatoms. The maximum Gasteiger partial charge on any atom is 0.0637 e. The van der Waals surface area contributed by atoms with E-state index in [-0.39, 0.29) is 0 Å². The molecular weight excluding hydrogens is 357 g/mol. The van der Waals surface area contributed by atoms with Gasteiger partial charge in [-0.3, -0.25) is 0 Å². The highest BCUT2D eigenvalue weighted by atomic mass is 79.9. The molecule has 2 rings (SSSR count). The molecule has 0 amide bonds. The Morgan fingerprint density at radius 2 is 1.80 bits per heavy atom. The van der Waals surface area contributed by atoms with Gasteiger partial charge < -0.3 is 5.32 Å². The third-order valence-electron chi connectivity index (χ3n) is 3.25. The Morgan fingerprint density at radius 1 is 1.10 bits per heavy atom. The molecule has 0 saturated heterocycles. The third kappa shape index (κ3) is 3.98. The zero-order valence-corrected chi connectivity index (χ0v) is 14.3. The molecule has 0 aromatic heterocycles. The Kier molecular flexibility index (Phi) is 5.91. The average molecular weight is 373 g/mol. The Hall–Kier alpha value is -0.540. The van der Waals surface area contributed by atoms with Crippen molar-refractivity contribution in [2.75, 3.05) is 0 Å². The minimum absolute atomic E-state index is 0.304. The molecule has 1 atom stereocenters. The van der Waals surface area contributed by atoms with Gasteiger partial charge in [-0.2, -0.15) is 0 Å². The van der Waals surface area contributed by atoms with Crippen LogP contribution in [0.25, 0.3) is 0 Å². The maximum absolute atomic E-state index is 6.21. The first kappa shape index (κ1) is 15.8. The summed E-state index contributed by atoms with van der Waals surface area (Å²) in [5.41, 5.74) is 2.29. The van der Waals surface area contributed by atoms with Crippen molar-refractivity contribution in [1.82, 2.24) is 5.32 Å². The smallest absolute Gasteiger partial charge is 0.0637 e. The molecular formula is C16H16BrCl2N. The van der Waals surface area contributed by atoms with Crippen LogP contribution in [0.4, 0.5) is 0 Å². The van der Waals surface area contributed by atoms with Gasteiger partial charge in [0.2, 0.25) is 0 Å². The van der Waals surface area contributed by atoms with Crippen LogP contribution < -0.4 is 5.32 Å². The molecule has 106 valence electrons. The van der Waals surface area contributed by atoms with Crippen LogP contribution in [0.15, 0.2) is 46.9 Å². The fraction of sp³-hybridized carbons (Fsp3) is 0.250. The Bertz CT molecular complexity index is 569. The van der Waals surface area contributed by atoms with Crippen LogP contribution in [0.1, 0.15) is 30.5 Å². The topological polar surface area (TPSA) is 12.0 Å². The summed E-state index contributed by atoms with van der Waals surface area (Å²) in [7, 11) is 0. The van der Waals surface area contributed by atoms with E-state index in [2.05, 4.69) is 52.4 Å². The molecule has 0 fully saturated rings. The van der Waals surface area contributed by atoms with E-state index in [4.69, 9.17) is 23.2 Å². The molecule has 0 saturated carbocycles. The van der Waals surface area contributed by atoms with Gasteiger partial charge in [0.05, 0.1) is 10.0 Å². The molecule has 0 aliphatic rings. The standard InChI is InChI=1S/C16H16BrCl2N/c1-2-15(11-6-8-13(17)9-7-11)20-10-12-4-3-5-14(18)16(12)19/h3-9,15,20H,2,10H2,1H3. The van der Waals surface area contributed by atoms with Crippen LogP contribution in [-0.4, -0.2) is 0 Å². The lowest BCUT2D eigenvalue weighted by molar-refractivity contribution is 0.519. The van der Waals surface area contributed by atoms with Crippen molar-refractivity contribution in [3.63, 3.8) is 0 Å². The zero-order valence-electron chi connectivity index (χ0n) is 11.2. The number of hydrogen-bond donors (Lipinski definition) is 1. The lowest BCUT2D eigenvalue weighted by atomic mass is 10.0. The van der Waals surface area contributed by atoms with Gasteiger partial charge in [-0.15, -0.1) is 0 Å². The monoisotopic (exact) mass is 371 g/mol. The highest BCUT2D eigenvalue weighted by Crippen LogP contribution is 2.26. The minimum Gasteiger partial charge on any atom is -0.306 e. The normalized spacial score (nSPS) is 12.4. The van der Waals surface area contributed by atoms with Crippen LogP contribution in [-0.2, 0) is 6.54 Å². The van der Waals surface area contributed by atoms with Crippen LogP contribution in [0.5, 0.6) is 0 Å². The van der Waals surface area contributed by atoms with E-state index in [1.165, 1.54) is 5.56 Å². The van der Waals surface area contributed by atoms with Crippen molar-refractivity contribution in [2.45, 2.75) is 25.9 Å². The molecule has 0 spiro atoms. The summed E-state index contributed by atoms with van der Waals surface area (Å²) in [4.78, 5) is 0. The second-order valence-corrected chi connectivity index (χ2v) is 6.31. The van der Waals surface area contributed by atoms with Crippen molar-refractivity contribution in [3.8, 4) is 0 Å². The fourth-order valence-corrected chi connectivity index (χ4v) is 2.76. The minimum atomic E-state index is 0.304. The van der Waals surface area contributed by atoms with Crippen molar-refractivity contribution < 1.29 is 0 Å². The van der Waals surface area contributed by atoms with Crippen molar-refractivity contribution in [2.24, 2.45) is 0 Å². The second kappa shape index (κ2) is 7.46. The van der Waals surface area contributed by atoms with Crippen molar-refractivity contribution in [3.05, 3.63) is 68.1 Å². The predicted octanol–water partition coefficient (Wildman–Crippen LogP) is 6.00. The number of rotatable bonds is 5. The van der Waals surface area contributed by atoms with Gasteiger partial charge in [0.1, 0.15) is 0 Å². The molecule has 2 aromatic carbocycles. The second-order valence-electron chi connectivity index (χ2n) is 4.61. The van der Waals surface area contributed by atoms with Gasteiger partial charge in [-0.05, 0) is 35.7 Å². The summed E-state index contributed by atoms with van der Waals surface area (Å²) in [6.45, 7) is 2.87. The lowest BCUT2D eigenvalue weighted by Gasteiger charge is -2.18. The molecule has 0 aliphatic heterocycles. The van der Waals surface area contributed by atoms with E-state index in [1.807, 2.05) is 12.1 Å². The van der Waals surface area contributed by atoms with Gasteiger partial charge in [-0.1, -0.05) is 70.3 Å². The summed E-state index contributed by atoms with van der Waals surface area (Å²) >= 11 is 15.7. The summed E-state index contributed by atoms with van der Waals surface area (Å²) in [6, 6.07) is 14.4. The first-order valence-corrected chi connectivity index (χ1v) is 8.08. The molecule has 2 aromatic rings. The fourth-order valence-electron chi connectivity index (χ4n) is 2.11. The SMILES string of the molecule is CCC(NCc1cccc(Cl)c1Cl)c1ccc(Br)cc1. The van der Waals surface area contributed by atoms with Crippen LogP contribution in [0.3, 0.4) is 0 Å². The van der Waals surface area contributed by atoms with Crippen LogP contribution in [0, 0.1) is 0 Å². The van der Waals surface area contributed by atoms with Crippen LogP contribution in [0.2, 0.25) is 10.0 Å². The van der Waals surface area contributed by atoms with Crippen LogP contribution >= 0.6 is 39.1 Å². The molecule has 1 N–H and O–H groups in total. The number of benzene rings is 2. The summed E-state index contributed by atoms with van der Waals surface area (Å²) in [6.07, 6.45) is 1.01. The number of hydrogen-bond acceptors (Lipinski definition) is 1. The Labute approximate surface area is 138 Å². The van der Waals surface area contributed by atoms with E-state index < -0.39 is 0 Å². The Balaban J connectivity index is 2.07. The molecule has 20 heavy (non-hydrogen) atoms.